The molecule has 0 aliphatic rings. The highest BCUT2D eigenvalue weighted by Gasteiger charge is 2.21. The minimum atomic E-state index is -0.799. The maximum atomic E-state index is 14.3. The van der Waals surface area contributed by atoms with E-state index in [0.717, 1.165) is 16.8 Å². The van der Waals surface area contributed by atoms with E-state index in [-0.39, 0.29) is 33.9 Å². The molecule has 1 N–H and O–H groups in total. The summed E-state index contributed by atoms with van der Waals surface area (Å²) in [4.78, 5) is 20.5. The van der Waals surface area contributed by atoms with Crippen molar-refractivity contribution >= 4 is 29.0 Å². The van der Waals surface area contributed by atoms with E-state index >= 15 is 0 Å². The number of halogens is 4. The summed E-state index contributed by atoms with van der Waals surface area (Å²) in [6, 6.07) is 10.6. The third kappa shape index (κ3) is 3.67. The van der Waals surface area contributed by atoms with Crippen LogP contribution >= 0.6 is 23.2 Å². The Morgan fingerprint density at radius 2 is 1.70 bits per heavy atom. The summed E-state index contributed by atoms with van der Waals surface area (Å²) in [5.41, 5.74) is 0.00617. The Kier molecular flexibility index (Phi) is 5.27. The summed E-state index contributed by atoms with van der Waals surface area (Å²) in [5, 5.41) is 2.92. The molecule has 30 heavy (non-hydrogen) atoms. The average molecular weight is 449 g/mol. The molecule has 152 valence electrons. The van der Waals surface area contributed by atoms with Gasteiger partial charge in [-0.2, -0.15) is 9.97 Å². The minimum Gasteiger partial charge on any atom is -0.434 e. The largest absolute Gasteiger partial charge is 0.434 e. The highest BCUT2D eigenvalue weighted by Crippen LogP contribution is 2.33. The predicted octanol–water partition coefficient (Wildman–Crippen LogP) is 5.18. The third-order valence-corrected chi connectivity index (χ3v) is 4.79. The Morgan fingerprint density at radius 3 is 2.37 bits per heavy atom. The number of rotatable bonds is 4. The molecule has 6 nitrogen and oxygen atoms in total. The van der Waals surface area contributed by atoms with Crippen molar-refractivity contribution in [3.63, 3.8) is 0 Å². The molecule has 10 heteroatoms. The van der Waals surface area contributed by atoms with Gasteiger partial charge in [0.2, 0.25) is 5.89 Å². The average Bonchev–Trinajstić information content (AvgIpc) is 3.17. The first-order chi connectivity index (χ1) is 14.4. The van der Waals surface area contributed by atoms with Crippen molar-refractivity contribution < 1.29 is 13.2 Å². The molecular formula is C20H12Cl2F2N4O2. The minimum absolute atomic E-state index is 0.0380. The molecule has 0 saturated heterocycles. The van der Waals surface area contributed by atoms with Crippen LogP contribution in [0.15, 0.2) is 57.9 Å². The molecule has 0 saturated carbocycles. The highest BCUT2D eigenvalue weighted by atomic mass is 35.5. The third-order valence-electron chi connectivity index (χ3n) is 4.23. The molecule has 4 rings (SSSR count). The lowest BCUT2D eigenvalue weighted by molar-refractivity contribution is 0.583. The van der Waals surface area contributed by atoms with Crippen LogP contribution in [0.4, 0.5) is 14.6 Å². The summed E-state index contributed by atoms with van der Waals surface area (Å²) in [5.74, 6) is -1.57. The molecule has 0 atom stereocenters. The number of anilines is 1. The van der Waals surface area contributed by atoms with Gasteiger partial charge in [-0.25, -0.2) is 18.1 Å². The van der Waals surface area contributed by atoms with Gasteiger partial charge in [-0.15, -0.1) is 0 Å². The molecule has 2 aromatic carbocycles. The normalized spacial score (nSPS) is 11.0. The van der Waals surface area contributed by atoms with Gasteiger partial charge in [0.25, 0.3) is 0 Å². The quantitative estimate of drug-likeness (QED) is 0.465. The van der Waals surface area contributed by atoms with E-state index in [1.165, 1.54) is 19.2 Å². The Morgan fingerprint density at radius 1 is 1.00 bits per heavy atom. The molecule has 0 bridgehead atoms. The van der Waals surface area contributed by atoms with Gasteiger partial charge in [-0.1, -0.05) is 23.2 Å². The number of hydrogen-bond donors (Lipinski definition) is 1. The Bertz CT molecular complexity index is 1300. The second-order valence-electron chi connectivity index (χ2n) is 6.15. The lowest BCUT2D eigenvalue weighted by atomic mass is 10.1. The van der Waals surface area contributed by atoms with E-state index < -0.39 is 17.3 Å². The van der Waals surface area contributed by atoms with Gasteiger partial charge >= 0.3 is 5.69 Å². The van der Waals surface area contributed by atoms with Crippen LogP contribution in [0.3, 0.4) is 0 Å². The van der Waals surface area contributed by atoms with Gasteiger partial charge in [-0.05, 0) is 42.5 Å². The number of nitrogens with one attached hydrogen (secondary N) is 1. The van der Waals surface area contributed by atoms with Crippen LogP contribution in [0.5, 0.6) is 0 Å². The van der Waals surface area contributed by atoms with Gasteiger partial charge in [0, 0.05) is 23.2 Å². The van der Waals surface area contributed by atoms with Crippen molar-refractivity contribution in [3.05, 3.63) is 80.8 Å². The Balaban J connectivity index is 1.96. The van der Waals surface area contributed by atoms with Gasteiger partial charge in [0.1, 0.15) is 5.82 Å². The zero-order valence-electron chi connectivity index (χ0n) is 15.3. The first-order valence-corrected chi connectivity index (χ1v) is 9.32. The van der Waals surface area contributed by atoms with Gasteiger partial charge in [0.15, 0.2) is 23.2 Å². The van der Waals surface area contributed by atoms with Crippen LogP contribution in [0.2, 0.25) is 10.0 Å². The molecule has 0 fully saturated rings. The maximum Gasteiger partial charge on any atom is 0.355 e. The van der Waals surface area contributed by atoms with Crippen molar-refractivity contribution in [2.45, 2.75) is 0 Å². The Hall–Kier alpha value is -3.23. The van der Waals surface area contributed by atoms with Crippen LogP contribution in [0.25, 0.3) is 28.6 Å². The van der Waals surface area contributed by atoms with Crippen LogP contribution in [-0.2, 0) is 0 Å². The fourth-order valence-corrected chi connectivity index (χ4v) is 3.02. The van der Waals surface area contributed by atoms with Crippen LogP contribution in [0, 0.1) is 11.6 Å². The number of nitrogens with zero attached hydrogens (tertiary/aromatic N) is 3. The molecule has 0 radical (unpaired) electrons. The SMILES string of the molecule is CNc1nc(=O)n(-c2nc(-c3ccc(Cl)cc3)oc2-c2ccc(Cl)c(F)c2)cc1F. The van der Waals surface area contributed by atoms with Crippen molar-refractivity contribution in [1.82, 2.24) is 14.5 Å². The van der Waals surface area contributed by atoms with Crippen molar-refractivity contribution in [2.75, 3.05) is 12.4 Å². The van der Waals surface area contributed by atoms with Crippen LogP contribution in [-0.4, -0.2) is 21.6 Å². The van der Waals surface area contributed by atoms with Crippen molar-refractivity contribution in [2.24, 2.45) is 0 Å². The monoisotopic (exact) mass is 448 g/mol. The number of hydrogen-bond acceptors (Lipinski definition) is 5. The molecule has 2 heterocycles. The lowest BCUT2D eigenvalue weighted by Gasteiger charge is -2.07. The van der Waals surface area contributed by atoms with E-state index in [9.17, 15) is 13.6 Å². The Labute approximate surface area is 178 Å². The molecule has 0 aliphatic carbocycles. The lowest BCUT2D eigenvalue weighted by Crippen LogP contribution is -2.23. The second-order valence-corrected chi connectivity index (χ2v) is 6.99. The highest BCUT2D eigenvalue weighted by molar-refractivity contribution is 6.31. The second kappa shape index (κ2) is 7.89. The zero-order chi connectivity index (χ0) is 21.4. The summed E-state index contributed by atoms with van der Waals surface area (Å²) < 4.78 is 35.1. The molecule has 0 unspecified atom stereocenters. The van der Waals surface area contributed by atoms with Crippen molar-refractivity contribution in [3.8, 4) is 28.6 Å². The zero-order valence-corrected chi connectivity index (χ0v) is 16.8. The first-order valence-electron chi connectivity index (χ1n) is 8.57. The molecule has 0 amide bonds. The molecule has 2 aromatic heterocycles. The molecule has 0 spiro atoms. The van der Waals surface area contributed by atoms with Crippen molar-refractivity contribution in [1.29, 1.82) is 0 Å². The molecular weight excluding hydrogens is 437 g/mol. The predicted molar refractivity (Wildman–Crippen MR) is 110 cm³/mol. The number of benzene rings is 2. The summed E-state index contributed by atoms with van der Waals surface area (Å²) in [7, 11) is 1.44. The molecule has 0 aliphatic heterocycles. The molecule has 4 aromatic rings. The van der Waals surface area contributed by atoms with Crippen LogP contribution < -0.4 is 11.0 Å². The smallest absolute Gasteiger partial charge is 0.355 e. The summed E-state index contributed by atoms with van der Waals surface area (Å²) >= 11 is 11.7. The van der Waals surface area contributed by atoms with Crippen LogP contribution in [0.1, 0.15) is 0 Å². The van der Waals surface area contributed by atoms with E-state index in [1.54, 1.807) is 24.3 Å². The maximum absolute atomic E-state index is 14.3. The topological polar surface area (TPSA) is 73.0 Å². The van der Waals surface area contributed by atoms with Gasteiger partial charge < -0.3 is 9.73 Å². The van der Waals surface area contributed by atoms with E-state index in [4.69, 9.17) is 27.6 Å². The summed E-state index contributed by atoms with van der Waals surface area (Å²) in [6.07, 6.45) is 0.931. The number of oxazole rings is 1. The standard InChI is InChI=1S/C20H12Cl2F2N4O2/c1-25-17-15(24)9-28(20(29)26-17)18-16(11-4-7-13(22)14(23)8-11)30-19(27-18)10-2-5-12(21)6-3-10/h2-9H,1H3,(H,25,26,29). The fraction of sp³-hybridized carbons (Fsp3) is 0.0500. The van der Waals surface area contributed by atoms with E-state index in [1.807, 2.05) is 0 Å². The summed E-state index contributed by atoms with van der Waals surface area (Å²) in [6.45, 7) is 0. The fourth-order valence-electron chi connectivity index (χ4n) is 2.78. The van der Waals surface area contributed by atoms with Gasteiger partial charge in [0.05, 0.1) is 11.2 Å². The van der Waals surface area contributed by atoms with Gasteiger partial charge in [-0.3, -0.25) is 0 Å². The van der Waals surface area contributed by atoms with E-state index in [0.29, 0.717) is 10.6 Å². The first kappa shape index (κ1) is 20.1. The van der Waals surface area contributed by atoms with E-state index in [2.05, 4.69) is 15.3 Å². The number of aromatic nitrogens is 3.